The summed E-state index contributed by atoms with van der Waals surface area (Å²) < 4.78 is 10.7. The second-order valence-corrected chi connectivity index (χ2v) is 4.21. The molecule has 0 atom stereocenters. The molecular formula is C13H14N2O2. The van der Waals surface area contributed by atoms with E-state index >= 15 is 0 Å². The van der Waals surface area contributed by atoms with E-state index in [9.17, 15) is 0 Å². The lowest BCUT2D eigenvalue weighted by atomic mass is 10.0. The Morgan fingerprint density at radius 3 is 2.94 bits per heavy atom. The molecule has 0 amide bonds. The third-order valence-corrected chi connectivity index (χ3v) is 3.16. The summed E-state index contributed by atoms with van der Waals surface area (Å²) in [5.74, 6) is 1.26. The summed E-state index contributed by atoms with van der Waals surface area (Å²) in [6, 6.07) is 6.21. The first-order chi connectivity index (χ1) is 8.29. The van der Waals surface area contributed by atoms with Gasteiger partial charge in [-0.15, -0.1) is 0 Å². The Morgan fingerprint density at radius 1 is 1.29 bits per heavy atom. The zero-order valence-electron chi connectivity index (χ0n) is 9.69. The van der Waals surface area contributed by atoms with Gasteiger partial charge in [0.05, 0.1) is 13.2 Å². The molecule has 1 aromatic heterocycles. The Labute approximate surface area is 99.4 Å². The molecule has 0 fully saturated rings. The van der Waals surface area contributed by atoms with Crippen LogP contribution < -0.4 is 5.73 Å². The minimum absolute atomic E-state index is 0.485. The minimum Gasteiger partial charge on any atom is -0.381 e. The average Bonchev–Trinajstić information content (AvgIpc) is 2.93. The zero-order chi connectivity index (χ0) is 11.8. The fourth-order valence-corrected chi connectivity index (χ4v) is 2.20. The molecule has 2 N–H and O–H groups in total. The number of nitrogens with zero attached hydrogens (tertiary/aromatic N) is 1. The fraction of sp³-hybridized carbons (Fsp3) is 0.308. The Kier molecular flexibility index (Phi) is 2.37. The first kappa shape index (κ1) is 10.4. The second-order valence-electron chi connectivity index (χ2n) is 4.21. The summed E-state index contributed by atoms with van der Waals surface area (Å²) in [5.41, 5.74) is 10.2. The van der Waals surface area contributed by atoms with E-state index in [4.69, 9.17) is 15.0 Å². The molecule has 2 aromatic rings. The maximum Gasteiger partial charge on any atom is 0.172 e. The highest BCUT2D eigenvalue weighted by atomic mass is 16.5. The van der Waals surface area contributed by atoms with Crippen LogP contribution in [-0.4, -0.2) is 5.16 Å². The summed E-state index contributed by atoms with van der Waals surface area (Å²) in [5, 5.41) is 3.83. The molecule has 0 saturated carbocycles. The quantitative estimate of drug-likeness (QED) is 0.861. The number of fused-ring (bicyclic) bond motifs is 1. The van der Waals surface area contributed by atoms with Crippen LogP contribution in [-0.2, 0) is 24.4 Å². The van der Waals surface area contributed by atoms with Crippen LogP contribution in [0.1, 0.15) is 23.6 Å². The monoisotopic (exact) mass is 230 g/mol. The molecule has 88 valence electrons. The van der Waals surface area contributed by atoms with Gasteiger partial charge >= 0.3 is 0 Å². The van der Waals surface area contributed by atoms with E-state index in [0.29, 0.717) is 19.0 Å². The van der Waals surface area contributed by atoms with Gasteiger partial charge in [0.15, 0.2) is 11.6 Å². The number of anilines is 1. The lowest BCUT2D eigenvalue weighted by molar-refractivity contribution is 0.134. The molecule has 1 aliphatic rings. The van der Waals surface area contributed by atoms with Gasteiger partial charge in [-0.05, 0) is 23.6 Å². The normalized spacial score (nSPS) is 13.9. The van der Waals surface area contributed by atoms with Crippen molar-refractivity contribution in [3.05, 3.63) is 34.9 Å². The van der Waals surface area contributed by atoms with E-state index in [1.165, 1.54) is 11.1 Å². The van der Waals surface area contributed by atoms with Gasteiger partial charge in [0, 0.05) is 11.1 Å². The molecule has 2 heterocycles. The molecule has 4 heteroatoms. The standard InChI is InChI=1S/C13H14N2O2/c1-2-11-12(17-15-13(11)14)8-3-4-9-6-16-7-10(9)5-8/h3-5H,2,6-7H2,1H3,(H2,14,15). The first-order valence-corrected chi connectivity index (χ1v) is 5.73. The van der Waals surface area contributed by atoms with E-state index in [1.54, 1.807) is 0 Å². The molecule has 3 rings (SSSR count). The molecule has 0 bridgehead atoms. The van der Waals surface area contributed by atoms with Gasteiger partial charge in [0.2, 0.25) is 0 Å². The van der Waals surface area contributed by atoms with E-state index in [0.717, 1.165) is 23.3 Å². The van der Waals surface area contributed by atoms with Crippen molar-refractivity contribution in [3.8, 4) is 11.3 Å². The van der Waals surface area contributed by atoms with E-state index in [-0.39, 0.29) is 0 Å². The van der Waals surface area contributed by atoms with Crippen LogP contribution in [0.15, 0.2) is 22.7 Å². The summed E-state index contributed by atoms with van der Waals surface area (Å²) in [6.07, 6.45) is 0.818. The molecule has 0 radical (unpaired) electrons. The third kappa shape index (κ3) is 1.61. The molecule has 4 nitrogen and oxygen atoms in total. The Hall–Kier alpha value is -1.81. The lowest BCUT2D eigenvalue weighted by Crippen LogP contribution is -1.91. The number of benzene rings is 1. The molecule has 1 aromatic carbocycles. The van der Waals surface area contributed by atoms with Gasteiger partial charge in [-0.25, -0.2) is 0 Å². The number of nitrogens with two attached hydrogens (primary N) is 1. The van der Waals surface area contributed by atoms with Crippen LogP contribution in [0, 0.1) is 0 Å². The van der Waals surface area contributed by atoms with E-state index < -0.39 is 0 Å². The predicted molar refractivity (Wildman–Crippen MR) is 64.2 cm³/mol. The number of hydrogen-bond donors (Lipinski definition) is 1. The number of aromatic nitrogens is 1. The zero-order valence-corrected chi connectivity index (χ0v) is 9.69. The van der Waals surface area contributed by atoms with Crippen molar-refractivity contribution in [2.45, 2.75) is 26.6 Å². The van der Waals surface area contributed by atoms with Crippen LogP contribution in [0.25, 0.3) is 11.3 Å². The number of rotatable bonds is 2. The van der Waals surface area contributed by atoms with Crippen LogP contribution in [0.5, 0.6) is 0 Å². The highest BCUT2D eigenvalue weighted by molar-refractivity contribution is 5.67. The number of nitrogen functional groups attached to an aromatic ring is 1. The molecule has 0 saturated heterocycles. The molecule has 17 heavy (non-hydrogen) atoms. The Balaban J connectivity index is 2.09. The van der Waals surface area contributed by atoms with Crippen LogP contribution in [0.2, 0.25) is 0 Å². The molecule has 0 spiro atoms. The van der Waals surface area contributed by atoms with Gasteiger partial charge in [0.1, 0.15) is 0 Å². The van der Waals surface area contributed by atoms with Crippen molar-refractivity contribution in [2.24, 2.45) is 0 Å². The fourth-order valence-electron chi connectivity index (χ4n) is 2.20. The molecule has 0 aliphatic carbocycles. The largest absolute Gasteiger partial charge is 0.381 e. The summed E-state index contributed by atoms with van der Waals surface area (Å²) in [6.45, 7) is 3.42. The second kappa shape index (κ2) is 3.89. The number of hydrogen-bond acceptors (Lipinski definition) is 4. The van der Waals surface area contributed by atoms with Crippen LogP contribution in [0.3, 0.4) is 0 Å². The smallest absolute Gasteiger partial charge is 0.172 e. The van der Waals surface area contributed by atoms with Crippen LogP contribution in [0.4, 0.5) is 5.82 Å². The molecular weight excluding hydrogens is 216 g/mol. The molecule has 0 unspecified atom stereocenters. The SMILES string of the molecule is CCc1c(N)noc1-c1ccc2c(c1)COC2. The summed E-state index contributed by atoms with van der Waals surface area (Å²) in [4.78, 5) is 0. The van der Waals surface area contributed by atoms with Crippen molar-refractivity contribution in [2.75, 3.05) is 5.73 Å². The van der Waals surface area contributed by atoms with Crippen molar-refractivity contribution in [1.29, 1.82) is 0 Å². The van der Waals surface area contributed by atoms with Crippen molar-refractivity contribution < 1.29 is 9.26 Å². The van der Waals surface area contributed by atoms with Gasteiger partial charge in [-0.1, -0.05) is 24.2 Å². The average molecular weight is 230 g/mol. The van der Waals surface area contributed by atoms with Crippen molar-refractivity contribution >= 4 is 5.82 Å². The van der Waals surface area contributed by atoms with E-state index in [1.807, 2.05) is 13.0 Å². The van der Waals surface area contributed by atoms with Gasteiger partial charge in [0.25, 0.3) is 0 Å². The Morgan fingerprint density at radius 2 is 2.12 bits per heavy atom. The third-order valence-electron chi connectivity index (χ3n) is 3.16. The highest BCUT2D eigenvalue weighted by Crippen LogP contribution is 2.31. The maximum atomic E-state index is 5.77. The number of ether oxygens (including phenoxy) is 1. The Bertz CT molecular complexity index is 561. The van der Waals surface area contributed by atoms with Gasteiger partial charge in [-0.3, -0.25) is 0 Å². The van der Waals surface area contributed by atoms with Crippen molar-refractivity contribution in [1.82, 2.24) is 5.16 Å². The summed E-state index contributed by atoms with van der Waals surface area (Å²) >= 11 is 0. The van der Waals surface area contributed by atoms with Crippen LogP contribution >= 0.6 is 0 Å². The predicted octanol–water partition coefficient (Wildman–Crippen LogP) is 2.52. The highest BCUT2D eigenvalue weighted by Gasteiger charge is 2.17. The van der Waals surface area contributed by atoms with Crippen molar-refractivity contribution in [3.63, 3.8) is 0 Å². The topological polar surface area (TPSA) is 61.3 Å². The first-order valence-electron chi connectivity index (χ1n) is 5.73. The maximum absolute atomic E-state index is 5.77. The van der Waals surface area contributed by atoms with Gasteiger partial charge in [-0.2, -0.15) is 0 Å². The lowest BCUT2D eigenvalue weighted by Gasteiger charge is -2.02. The van der Waals surface area contributed by atoms with Gasteiger partial charge < -0.3 is 15.0 Å². The summed E-state index contributed by atoms with van der Waals surface area (Å²) in [7, 11) is 0. The molecule has 1 aliphatic heterocycles. The minimum atomic E-state index is 0.485. The van der Waals surface area contributed by atoms with E-state index in [2.05, 4.69) is 17.3 Å².